The molecular formula is C18H28N2O3. The summed E-state index contributed by atoms with van der Waals surface area (Å²) in [6, 6.07) is 7.81. The van der Waals surface area contributed by atoms with Gasteiger partial charge in [0.1, 0.15) is 18.1 Å². The zero-order valence-corrected chi connectivity index (χ0v) is 14.1. The zero-order chi connectivity index (χ0) is 17.1. The van der Waals surface area contributed by atoms with Crippen molar-refractivity contribution < 1.29 is 14.3 Å². The van der Waals surface area contributed by atoms with Crippen molar-refractivity contribution >= 4 is 11.7 Å². The van der Waals surface area contributed by atoms with Gasteiger partial charge in [-0.3, -0.25) is 4.79 Å². The average molecular weight is 320 g/mol. The zero-order valence-electron chi connectivity index (χ0n) is 14.1. The number of carbonyl (C=O) groups excluding carboxylic acids is 2. The normalized spacial score (nSPS) is 11.8. The first-order valence-electron chi connectivity index (χ1n) is 8.18. The average Bonchev–Trinajstić information content (AvgIpc) is 2.55. The Balaban J connectivity index is 2.32. The van der Waals surface area contributed by atoms with Gasteiger partial charge in [-0.05, 0) is 50.3 Å². The minimum Gasteiger partial charge on any atom is -0.492 e. The van der Waals surface area contributed by atoms with Gasteiger partial charge < -0.3 is 20.6 Å². The molecule has 1 rings (SSSR count). The van der Waals surface area contributed by atoms with E-state index < -0.39 is 0 Å². The fraction of sp³-hybridized carbons (Fsp3) is 0.556. The van der Waals surface area contributed by atoms with E-state index in [2.05, 4.69) is 11.4 Å². The van der Waals surface area contributed by atoms with Gasteiger partial charge in [0.25, 0.3) is 0 Å². The number of carbonyl (C=O) groups is 2. The van der Waals surface area contributed by atoms with E-state index in [-0.39, 0.29) is 17.7 Å². The lowest BCUT2D eigenvalue weighted by molar-refractivity contribution is -0.120. The molecule has 5 heteroatoms. The Morgan fingerprint density at radius 3 is 2.74 bits per heavy atom. The van der Waals surface area contributed by atoms with E-state index in [9.17, 15) is 9.59 Å². The van der Waals surface area contributed by atoms with E-state index in [1.807, 2.05) is 18.2 Å². The maximum absolute atomic E-state index is 11.2. The maximum atomic E-state index is 11.2. The lowest BCUT2D eigenvalue weighted by Gasteiger charge is -2.13. The first-order chi connectivity index (χ1) is 11.0. The second kappa shape index (κ2) is 10.8. The molecule has 3 N–H and O–H groups in total. The highest BCUT2D eigenvalue weighted by Gasteiger charge is 2.06. The van der Waals surface area contributed by atoms with E-state index >= 15 is 0 Å². The quantitative estimate of drug-likeness (QED) is 0.613. The van der Waals surface area contributed by atoms with Crippen molar-refractivity contribution in [2.45, 2.75) is 51.5 Å². The molecule has 1 amide bonds. The molecule has 5 nitrogen and oxygen atoms in total. The molecule has 128 valence electrons. The molecule has 0 saturated carbocycles. The highest BCUT2D eigenvalue weighted by atomic mass is 16.5. The third kappa shape index (κ3) is 8.98. The first-order valence-corrected chi connectivity index (χ1v) is 8.18. The van der Waals surface area contributed by atoms with Crippen molar-refractivity contribution in [3.8, 4) is 5.75 Å². The van der Waals surface area contributed by atoms with Crippen molar-refractivity contribution in [3.63, 3.8) is 0 Å². The number of amides is 1. The van der Waals surface area contributed by atoms with Crippen molar-refractivity contribution in [2.24, 2.45) is 5.73 Å². The van der Waals surface area contributed by atoms with Crippen LogP contribution in [0, 0.1) is 0 Å². The van der Waals surface area contributed by atoms with E-state index in [0.717, 1.165) is 25.0 Å². The van der Waals surface area contributed by atoms with Gasteiger partial charge >= 0.3 is 0 Å². The van der Waals surface area contributed by atoms with Crippen LogP contribution in [-0.2, 0) is 16.0 Å². The number of nitrogens with two attached hydrogens (primary N) is 1. The van der Waals surface area contributed by atoms with E-state index in [0.29, 0.717) is 25.9 Å². The minimum atomic E-state index is -0.130. The lowest BCUT2D eigenvalue weighted by atomic mass is 10.1. The predicted molar refractivity (Wildman–Crippen MR) is 91.4 cm³/mol. The number of benzene rings is 1. The van der Waals surface area contributed by atoms with Crippen LogP contribution < -0.4 is 15.8 Å². The van der Waals surface area contributed by atoms with Gasteiger partial charge in [0, 0.05) is 25.9 Å². The first kappa shape index (κ1) is 19.2. The summed E-state index contributed by atoms with van der Waals surface area (Å²) in [6.45, 7) is 1.98. The van der Waals surface area contributed by atoms with Crippen LogP contribution in [0.2, 0.25) is 0 Å². The monoisotopic (exact) mass is 320 g/mol. The molecule has 0 heterocycles. The Labute approximate surface area is 138 Å². The highest BCUT2D eigenvalue weighted by molar-refractivity contribution is 5.75. The summed E-state index contributed by atoms with van der Waals surface area (Å²) in [4.78, 5) is 22.1. The molecule has 23 heavy (non-hydrogen) atoms. The van der Waals surface area contributed by atoms with Crippen LogP contribution in [0.15, 0.2) is 24.3 Å². The number of ketones is 1. The van der Waals surface area contributed by atoms with Crippen molar-refractivity contribution in [1.29, 1.82) is 0 Å². The van der Waals surface area contributed by atoms with Crippen LogP contribution in [-0.4, -0.2) is 31.4 Å². The van der Waals surface area contributed by atoms with Crippen molar-refractivity contribution in [2.75, 3.05) is 13.7 Å². The van der Waals surface area contributed by atoms with Gasteiger partial charge in [-0.15, -0.1) is 0 Å². The summed E-state index contributed by atoms with van der Waals surface area (Å²) in [5.74, 6) is 1.04. The van der Waals surface area contributed by atoms with Crippen LogP contribution in [0.25, 0.3) is 0 Å². The number of aryl methyl sites for hydroxylation is 1. The Hall–Kier alpha value is -1.88. The number of hydrogen-bond donors (Lipinski definition) is 2. The van der Waals surface area contributed by atoms with Gasteiger partial charge in [0.2, 0.25) is 5.91 Å². The Morgan fingerprint density at radius 2 is 2.04 bits per heavy atom. The molecule has 0 aliphatic heterocycles. The minimum absolute atomic E-state index is 0.0848. The second-order valence-corrected chi connectivity index (χ2v) is 5.84. The van der Waals surface area contributed by atoms with E-state index in [1.54, 1.807) is 14.0 Å². The molecule has 0 unspecified atom stereocenters. The van der Waals surface area contributed by atoms with E-state index in [1.165, 1.54) is 5.56 Å². The molecule has 0 aliphatic carbocycles. The number of rotatable bonds is 11. The van der Waals surface area contributed by atoms with Crippen molar-refractivity contribution in [3.05, 3.63) is 29.8 Å². The predicted octanol–water partition coefficient (Wildman–Crippen LogP) is 2.22. The van der Waals surface area contributed by atoms with Crippen LogP contribution in [0.4, 0.5) is 0 Å². The summed E-state index contributed by atoms with van der Waals surface area (Å²) in [5.41, 5.74) is 7.12. The van der Waals surface area contributed by atoms with Gasteiger partial charge in [0.15, 0.2) is 0 Å². The standard InChI is InChI=1S/C18H28N2O3/c1-14(21)10-11-16(19)13-23-17-8-5-7-15(12-17)6-3-4-9-18(22)20-2/h5,7-8,12,16H,3-4,6,9-11,13,19H2,1-2H3,(H,20,22)/t16-/m0/s1. The molecule has 0 fully saturated rings. The Kier molecular flexibility index (Phi) is 8.98. The number of hydrogen-bond acceptors (Lipinski definition) is 4. The fourth-order valence-corrected chi connectivity index (χ4v) is 2.21. The highest BCUT2D eigenvalue weighted by Crippen LogP contribution is 2.16. The smallest absolute Gasteiger partial charge is 0.219 e. The number of Topliss-reactive ketones (excluding diaryl/α,β-unsaturated/α-hetero) is 1. The summed E-state index contributed by atoms with van der Waals surface area (Å²) in [7, 11) is 1.66. The van der Waals surface area contributed by atoms with Gasteiger partial charge in [-0.2, -0.15) is 0 Å². The lowest BCUT2D eigenvalue weighted by Crippen LogP contribution is -2.28. The maximum Gasteiger partial charge on any atom is 0.219 e. The Bertz CT molecular complexity index is 503. The Morgan fingerprint density at radius 1 is 1.26 bits per heavy atom. The number of ether oxygens (including phenoxy) is 1. The number of nitrogens with one attached hydrogen (secondary N) is 1. The second-order valence-electron chi connectivity index (χ2n) is 5.84. The summed E-state index contributed by atoms with van der Waals surface area (Å²) < 4.78 is 5.70. The molecule has 0 radical (unpaired) electrons. The molecular weight excluding hydrogens is 292 g/mol. The molecule has 0 saturated heterocycles. The number of unbranched alkanes of at least 4 members (excludes halogenated alkanes) is 1. The third-order valence-electron chi connectivity index (χ3n) is 3.63. The molecule has 1 aromatic rings. The molecule has 0 aliphatic rings. The fourth-order valence-electron chi connectivity index (χ4n) is 2.21. The molecule has 1 aromatic carbocycles. The third-order valence-corrected chi connectivity index (χ3v) is 3.63. The molecule has 1 atom stereocenters. The summed E-state index contributed by atoms with van der Waals surface area (Å²) in [5, 5.41) is 2.63. The molecule has 0 bridgehead atoms. The van der Waals surface area contributed by atoms with Crippen LogP contribution in [0.5, 0.6) is 5.75 Å². The van der Waals surface area contributed by atoms with Crippen molar-refractivity contribution in [1.82, 2.24) is 5.32 Å². The van der Waals surface area contributed by atoms with E-state index in [4.69, 9.17) is 10.5 Å². The molecule has 0 aromatic heterocycles. The summed E-state index contributed by atoms with van der Waals surface area (Å²) >= 11 is 0. The largest absolute Gasteiger partial charge is 0.492 e. The van der Waals surface area contributed by atoms with Gasteiger partial charge in [-0.25, -0.2) is 0 Å². The van der Waals surface area contributed by atoms with Gasteiger partial charge in [0.05, 0.1) is 0 Å². The topological polar surface area (TPSA) is 81.4 Å². The SMILES string of the molecule is CNC(=O)CCCCc1cccc(OC[C@@H](N)CCC(C)=O)c1. The van der Waals surface area contributed by atoms with Crippen LogP contribution >= 0.6 is 0 Å². The van der Waals surface area contributed by atoms with Crippen LogP contribution in [0.3, 0.4) is 0 Å². The molecule has 0 spiro atoms. The summed E-state index contributed by atoms with van der Waals surface area (Å²) in [6.07, 6.45) is 4.47. The van der Waals surface area contributed by atoms with Gasteiger partial charge in [-0.1, -0.05) is 12.1 Å². The van der Waals surface area contributed by atoms with Crippen LogP contribution in [0.1, 0.15) is 44.6 Å².